The van der Waals surface area contributed by atoms with E-state index in [1.807, 2.05) is 13.8 Å². The van der Waals surface area contributed by atoms with Crippen LogP contribution in [-0.2, 0) is 0 Å². The zero-order valence-electron chi connectivity index (χ0n) is 13.2. The van der Waals surface area contributed by atoms with Crippen molar-refractivity contribution in [3.8, 4) is 0 Å². The highest BCUT2D eigenvalue weighted by Crippen LogP contribution is 2.28. The zero-order chi connectivity index (χ0) is 14.9. The minimum Gasteiger partial charge on any atom is -0.387 e. The van der Waals surface area contributed by atoms with Gasteiger partial charge in [-0.05, 0) is 46.2 Å². The molecule has 21 heavy (non-hydrogen) atoms. The molecule has 2 fully saturated rings. The molecule has 5 nitrogen and oxygen atoms in total. The van der Waals surface area contributed by atoms with Gasteiger partial charge in [0.2, 0.25) is 0 Å². The number of aliphatic hydroxyl groups is 1. The molecule has 1 atom stereocenters. The van der Waals surface area contributed by atoms with Crippen LogP contribution >= 0.6 is 0 Å². The van der Waals surface area contributed by atoms with Crippen LogP contribution in [0.4, 0.5) is 5.82 Å². The summed E-state index contributed by atoms with van der Waals surface area (Å²) in [5.74, 6) is 0.935. The van der Waals surface area contributed by atoms with Crippen molar-refractivity contribution in [3.05, 3.63) is 17.6 Å². The highest BCUT2D eigenvalue weighted by Gasteiger charge is 2.38. The van der Waals surface area contributed by atoms with Gasteiger partial charge in [0.15, 0.2) is 0 Å². The van der Waals surface area contributed by atoms with E-state index in [9.17, 15) is 5.11 Å². The quantitative estimate of drug-likeness (QED) is 0.915. The maximum atomic E-state index is 10.9. The van der Waals surface area contributed by atoms with Crippen molar-refractivity contribution in [3.63, 3.8) is 0 Å². The number of β-amino-alcohol motifs (C(OH)–C–C–N with tert-alkyl or cyclic N) is 1. The molecule has 0 bridgehead atoms. The van der Waals surface area contributed by atoms with E-state index >= 15 is 0 Å². The third-order valence-corrected chi connectivity index (χ3v) is 4.65. The van der Waals surface area contributed by atoms with Gasteiger partial charge in [-0.25, -0.2) is 4.98 Å². The lowest BCUT2D eigenvalue weighted by Gasteiger charge is -2.33. The Labute approximate surface area is 127 Å². The second-order valence-corrected chi connectivity index (χ2v) is 6.65. The van der Waals surface area contributed by atoms with Gasteiger partial charge < -0.3 is 14.9 Å². The van der Waals surface area contributed by atoms with Crippen LogP contribution in [0.25, 0.3) is 0 Å². The van der Waals surface area contributed by atoms with E-state index in [0.717, 1.165) is 49.8 Å². The van der Waals surface area contributed by atoms with Crippen molar-refractivity contribution in [1.82, 2.24) is 14.9 Å². The molecule has 0 aromatic carbocycles. The fourth-order valence-electron chi connectivity index (χ4n) is 3.52. The summed E-state index contributed by atoms with van der Waals surface area (Å²) in [7, 11) is 0. The normalized spacial score (nSPS) is 27.3. The van der Waals surface area contributed by atoms with Crippen molar-refractivity contribution >= 4 is 5.82 Å². The number of anilines is 1. The molecular weight excluding hydrogens is 264 g/mol. The van der Waals surface area contributed by atoms with E-state index in [1.54, 1.807) is 6.20 Å². The van der Waals surface area contributed by atoms with Crippen molar-refractivity contribution in [1.29, 1.82) is 0 Å². The summed E-state index contributed by atoms with van der Waals surface area (Å²) in [6.45, 7) is 8.54. The molecule has 1 aromatic heterocycles. The van der Waals surface area contributed by atoms with Crippen molar-refractivity contribution in [2.45, 2.75) is 45.1 Å². The number of aryl methyl sites for hydroxylation is 2. The summed E-state index contributed by atoms with van der Waals surface area (Å²) in [5, 5.41) is 10.9. The predicted octanol–water partition coefficient (Wildman–Crippen LogP) is 1.52. The maximum Gasteiger partial charge on any atom is 0.150 e. The lowest BCUT2D eigenvalue weighted by molar-refractivity contribution is 0.0169. The molecule has 5 heteroatoms. The monoisotopic (exact) mass is 290 g/mol. The van der Waals surface area contributed by atoms with Gasteiger partial charge in [0.1, 0.15) is 5.82 Å². The van der Waals surface area contributed by atoms with E-state index in [4.69, 9.17) is 0 Å². The van der Waals surface area contributed by atoms with Crippen molar-refractivity contribution in [2.75, 3.05) is 37.6 Å². The van der Waals surface area contributed by atoms with Crippen LogP contribution in [0.5, 0.6) is 0 Å². The number of likely N-dealkylation sites (tertiary alicyclic amines) is 1. The second kappa shape index (κ2) is 5.89. The third kappa shape index (κ3) is 3.35. The Kier molecular flexibility index (Phi) is 4.13. The minimum absolute atomic E-state index is 0.602. The van der Waals surface area contributed by atoms with Crippen LogP contribution in [0.2, 0.25) is 0 Å². The minimum atomic E-state index is -0.602. The molecule has 1 aromatic rings. The largest absolute Gasteiger partial charge is 0.387 e. The van der Waals surface area contributed by atoms with Gasteiger partial charge in [-0.1, -0.05) is 6.42 Å². The third-order valence-electron chi connectivity index (χ3n) is 4.65. The van der Waals surface area contributed by atoms with E-state index in [2.05, 4.69) is 19.8 Å². The number of nitrogens with zero attached hydrogens (tertiary/aromatic N) is 4. The van der Waals surface area contributed by atoms with Crippen LogP contribution in [0.3, 0.4) is 0 Å². The van der Waals surface area contributed by atoms with E-state index in [1.165, 1.54) is 19.3 Å². The first-order valence-electron chi connectivity index (χ1n) is 8.06. The van der Waals surface area contributed by atoms with Gasteiger partial charge in [-0.3, -0.25) is 4.98 Å². The van der Waals surface area contributed by atoms with Gasteiger partial charge in [-0.2, -0.15) is 0 Å². The molecule has 0 saturated carbocycles. The number of rotatable bonds is 3. The SMILES string of the molecule is Cc1cnc(C)c(N2CC[C@@](O)(CN3CCCCC3)C2)n1. The fraction of sp³-hybridized carbons (Fsp3) is 0.750. The van der Waals surface area contributed by atoms with Crippen molar-refractivity contribution in [2.24, 2.45) is 0 Å². The fourth-order valence-corrected chi connectivity index (χ4v) is 3.52. The first-order valence-corrected chi connectivity index (χ1v) is 8.06. The van der Waals surface area contributed by atoms with Crippen molar-refractivity contribution < 1.29 is 5.11 Å². The molecule has 0 spiro atoms. The second-order valence-electron chi connectivity index (χ2n) is 6.65. The highest BCUT2D eigenvalue weighted by atomic mass is 16.3. The predicted molar refractivity (Wildman–Crippen MR) is 83.6 cm³/mol. The Balaban J connectivity index is 1.67. The standard InChI is InChI=1S/C16H26N4O/c1-13-10-17-14(2)15(18-13)20-9-6-16(21,12-20)11-19-7-4-3-5-8-19/h10,21H,3-9,11-12H2,1-2H3/t16-/m1/s1. The van der Waals surface area contributed by atoms with Crippen LogP contribution in [0.15, 0.2) is 6.20 Å². The number of piperidine rings is 1. The highest BCUT2D eigenvalue weighted by molar-refractivity contribution is 5.45. The lowest BCUT2D eigenvalue weighted by atomic mass is 10.0. The molecule has 3 rings (SSSR count). The maximum absolute atomic E-state index is 10.9. The van der Waals surface area contributed by atoms with Gasteiger partial charge in [0, 0.05) is 25.8 Å². The Bertz CT molecular complexity index is 501. The summed E-state index contributed by atoms with van der Waals surface area (Å²) >= 11 is 0. The van der Waals surface area contributed by atoms with Crippen LogP contribution in [0, 0.1) is 13.8 Å². The summed E-state index contributed by atoms with van der Waals surface area (Å²) < 4.78 is 0. The smallest absolute Gasteiger partial charge is 0.150 e. The van der Waals surface area contributed by atoms with Crippen LogP contribution in [-0.4, -0.2) is 58.3 Å². The first kappa shape index (κ1) is 14.7. The summed E-state index contributed by atoms with van der Waals surface area (Å²) in [5.41, 5.74) is 1.28. The summed E-state index contributed by atoms with van der Waals surface area (Å²) in [6.07, 6.45) is 6.48. The Hall–Kier alpha value is -1.20. The Morgan fingerprint density at radius 1 is 1.19 bits per heavy atom. The molecule has 2 aliphatic rings. The first-order chi connectivity index (χ1) is 10.1. The number of aromatic nitrogens is 2. The Morgan fingerprint density at radius 3 is 2.71 bits per heavy atom. The molecule has 2 saturated heterocycles. The molecule has 1 N–H and O–H groups in total. The van der Waals surface area contributed by atoms with E-state index < -0.39 is 5.60 Å². The molecule has 0 aliphatic carbocycles. The van der Waals surface area contributed by atoms with Gasteiger partial charge in [0.05, 0.1) is 17.0 Å². The number of hydrogen-bond acceptors (Lipinski definition) is 5. The average Bonchev–Trinajstić information content (AvgIpc) is 2.84. The van der Waals surface area contributed by atoms with Gasteiger partial charge in [0.25, 0.3) is 0 Å². The van der Waals surface area contributed by atoms with E-state index in [-0.39, 0.29) is 0 Å². The molecule has 0 amide bonds. The average molecular weight is 290 g/mol. The molecule has 0 unspecified atom stereocenters. The lowest BCUT2D eigenvalue weighted by Crippen LogP contribution is -2.46. The zero-order valence-corrected chi connectivity index (χ0v) is 13.2. The van der Waals surface area contributed by atoms with E-state index in [0.29, 0.717) is 6.54 Å². The topological polar surface area (TPSA) is 52.5 Å². The van der Waals surface area contributed by atoms with Crippen LogP contribution < -0.4 is 4.90 Å². The van der Waals surface area contributed by atoms with Crippen LogP contribution in [0.1, 0.15) is 37.1 Å². The molecule has 3 heterocycles. The molecular formula is C16H26N4O. The molecule has 2 aliphatic heterocycles. The van der Waals surface area contributed by atoms with Gasteiger partial charge in [-0.15, -0.1) is 0 Å². The molecule has 0 radical (unpaired) electrons. The summed E-state index contributed by atoms with van der Waals surface area (Å²) in [4.78, 5) is 13.6. The number of hydrogen-bond donors (Lipinski definition) is 1. The summed E-state index contributed by atoms with van der Waals surface area (Å²) in [6, 6.07) is 0. The molecule has 116 valence electrons. The van der Waals surface area contributed by atoms with Gasteiger partial charge >= 0.3 is 0 Å². The Morgan fingerprint density at radius 2 is 1.95 bits per heavy atom.